The lowest BCUT2D eigenvalue weighted by atomic mass is 9.66. The van der Waals surface area contributed by atoms with Gasteiger partial charge in [0.1, 0.15) is 0 Å². The van der Waals surface area contributed by atoms with Gasteiger partial charge in [-0.3, -0.25) is 14.4 Å². The summed E-state index contributed by atoms with van der Waals surface area (Å²) in [6, 6.07) is 9.73. The first-order chi connectivity index (χ1) is 13.8. The normalized spacial score (nSPS) is 19.5. The maximum absolute atomic E-state index is 13.7. The lowest BCUT2D eigenvalue weighted by molar-refractivity contribution is -0.150. The number of rotatable bonds is 11. The Morgan fingerprint density at radius 3 is 2.38 bits per heavy atom. The Hall–Kier alpha value is -2.37. The van der Waals surface area contributed by atoms with Crippen LogP contribution >= 0.6 is 0 Å². The van der Waals surface area contributed by atoms with Crippen LogP contribution in [-0.2, 0) is 20.8 Å². The number of carbonyl (C=O) groups is 3. The van der Waals surface area contributed by atoms with E-state index in [4.69, 9.17) is 11.5 Å². The number of hydrogen-bond acceptors (Lipinski definition) is 3. The van der Waals surface area contributed by atoms with Crippen LogP contribution in [0, 0.1) is 11.3 Å². The van der Waals surface area contributed by atoms with Gasteiger partial charge in [-0.15, -0.1) is 0 Å². The van der Waals surface area contributed by atoms with Gasteiger partial charge >= 0.3 is 0 Å². The molecule has 0 radical (unpaired) electrons. The molecule has 6 nitrogen and oxygen atoms in total. The second-order valence-corrected chi connectivity index (χ2v) is 8.39. The topological polar surface area (TPSA) is 106 Å². The molecule has 0 aromatic heterocycles. The second kappa shape index (κ2) is 10.4. The standard InChI is InChI=1S/C23H35N3O3/c1-3-4-8-13-23(22(25)29,16-20(24)27)19(15-18-11-6-5-7-12-18)21(28)26-14-9-10-17(26)2/h5-7,11-12,17,19H,3-4,8-10,13-16H2,1-2H3,(H2,24,27)(H2,25,29). The molecule has 1 aromatic rings. The summed E-state index contributed by atoms with van der Waals surface area (Å²) < 4.78 is 0. The van der Waals surface area contributed by atoms with Gasteiger partial charge in [0.15, 0.2) is 0 Å². The predicted molar refractivity (Wildman–Crippen MR) is 114 cm³/mol. The number of primary amides is 2. The molecule has 0 spiro atoms. The minimum absolute atomic E-state index is 0.0876. The molecule has 0 saturated carbocycles. The summed E-state index contributed by atoms with van der Waals surface area (Å²) in [7, 11) is 0. The van der Waals surface area contributed by atoms with Crippen LogP contribution in [0.15, 0.2) is 30.3 Å². The minimum atomic E-state index is -1.27. The van der Waals surface area contributed by atoms with E-state index in [-0.39, 0.29) is 18.4 Å². The molecular weight excluding hydrogens is 366 g/mol. The average Bonchev–Trinajstić information content (AvgIpc) is 3.11. The zero-order valence-electron chi connectivity index (χ0n) is 17.7. The van der Waals surface area contributed by atoms with Gasteiger partial charge in [0, 0.05) is 19.0 Å². The molecule has 1 aliphatic heterocycles. The highest BCUT2D eigenvalue weighted by Gasteiger charge is 2.50. The smallest absolute Gasteiger partial charge is 0.227 e. The number of unbranched alkanes of at least 4 members (excludes halogenated alkanes) is 2. The Bertz CT molecular complexity index is 707. The van der Waals surface area contributed by atoms with Crippen molar-refractivity contribution >= 4 is 17.7 Å². The molecule has 0 aliphatic carbocycles. The fourth-order valence-electron chi connectivity index (χ4n) is 4.60. The first-order valence-corrected chi connectivity index (χ1v) is 10.7. The van der Waals surface area contributed by atoms with E-state index in [0.717, 1.165) is 37.7 Å². The van der Waals surface area contributed by atoms with Crippen molar-refractivity contribution in [3.63, 3.8) is 0 Å². The largest absolute Gasteiger partial charge is 0.370 e. The number of carbonyl (C=O) groups excluding carboxylic acids is 3. The molecule has 2 rings (SSSR count). The summed E-state index contributed by atoms with van der Waals surface area (Å²) in [4.78, 5) is 40.4. The zero-order valence-corrected chi connectivity index (χ0v) is 17.7. The predicted octanol–water partition coefficient (Wildman–Crippen LogP) is 2.78. The van der Waals surface area contributed by atoms with Crippen LogP contribution in [0.5, 0.6) is 0 Å². The van der Waals surface area contributed by atoms with Gasteiger partial charge in [-0.05, 0) is 38.2 Å². The zero-order chi connectivity index (χ0) is 21.4. The van der Waals surface area contributed by atoms with Crippen molar-refractivity contribution in [3.8, 4) is 0 Å². The van der Waals surface area contributed by atoms with Crippen LogP contribution in [-0.4, -0.2) is 35.2 Å². The number of nitrogens with two attached hydrogens (primary N) is 2. The van der Waals surface area contributed by atoms with Crippen molar-refractivity contribution in [2.24, 2.45) is 22.8 Å². The summed E-state index contributed by atoms with van der Waals surface area (Å²) in [6.45, 7) is 4.77. The van der Waals surface area contributed by atoms with E-state index in [1.54, 1.807) is 0 Å². The van der Waals surface area contributed by atoms with E-state index in [1.807, 2.05) is 42.2 Å². The summed E-state index contributed by atoms with van der Waals surface area (Å²) in [5.74, 6) is -1.99. The number of nitrogens with zero attached hydrogens (tertiary/aromatic N) is 1. The van der Waals surface area contributed by atoms with Crippen molar-refractivity contribution in [2.75, 3.05) is 6.54 Å². The number of amides is 3. The summed E-state index contributed by atoms with van der Waals surface area (Å²) in [5, 5.41) is 0. The minimum Gasteiger partial charge on any atom is -0.370 e. The fraction of sp³-hybridized carbons (Fsp3) is 0.609. The van der Waals surface area contributed by atoms with Crippen LogP contribution in [0.1, 0.15) is 64.4 Å². The highest BCUT2D eigenvalue weighted by molar-refractivity contribution is 5.93. The number of benzene rings is 1. The van der Waals surface area contributed by atoms with E-state index in [1.165, 1.54) is 0 Å². The van der Waals surface area contributed by atoms with Gasteiger partial charge in [0.2, 0.25) is 17.7 Å². The molecule has 1 aromatic carbocycles. The molecule has 1 saturated heterocycles. The molecule has 160 valence electrons. The maximum Gasteiger partial charge on any atom is 0.227 e. The summed E-state index contributed by atoms with van der Waals surface area (Å²) >= 11 is 0. The van der Waals surface area contributed by atoms with Crippen molar-refractivity contribution < 1.29 is 14.4 Å². The SMILES string of the molecule is CCCCCC(CC(N)=O)(C(N)=O)C(Cc1ccccc1)C(=O)N1CCCC1C. The van der Waals surface area contributed by atoms with E-state index < -0.39 is 23.1 Å². The Kier molecular flexibility index (Phi) is 8.23. The van der Waals surface area contributed by atoms with Crippen molar-refractivity contribution in [1.82, 2.24) is 4.90 Å². The fourth-order valence-corrected chi connectivity index (χ4v) is 4.60. The first-order valence-electron chi connectivity index (χ1n) is 10.7. The van der Waals surface area contributed by atoms with Crippen LogP contribution in [0.3, 0.4) is 0 Å². The van der Waals surface area contributed by atoms with Crippen LogP contribution in [0.4, 0.5) is 0 Å². The van der Waals surface area contributed by atoms with Crippen LogP contribution in [0.2, 0.25) is 0 Å². The number of likely N-dealkylation sites (tertiary alicyclic amines) is 1. The summed E-state index contributed by atoms with van der Waals surface area (Å²) in [6.07, 6.45) is 5.04. The first kappa shape index (κ1) is 22.9. The highest BCUT2D eigenvalue weighted by Crippen LogP contribution is 2.41. The highest BCUT2D eigenvalue weighted by atomic mass is 16.2. The third-order valence-corrected chi connectivity index (χ3v) is 6.29. The van der Waals surface area contributed by atoms with Gasteiger partial charge < -0.3 is 16.4 Å². The van der Waals surface area contributed by atoms with E-state index in [2.05, 4.69) is 6.92 Å². The van der Waals surface area contributed by atoms with E-state index in [0.29, 0.717) is 19.4 Å². The molecule has 3 unspecified atom stereocenters. The molecule has 6 heteroatoms. The van der Waals surface area contributed by atoms with Crippen LogP contribution in [0.25, 0.3) is 0 Å². The van der Waals surface area contributed by atoms with Gasteiger partial charge in [-0.25, -0.2) is 0 Å². The Labute approximate surface area is 174 Å². The molecular formula is C23H35N3O3. The lowest BCUT2D eigenvalue weighted by Gasteiger charge is -2.39. The molecule has 3 atom stereocenters. The Morgan fingerprint density at radius 1 is 1.17 bits per heavy atom. The van der Waals surface area contributed by atoms with Crippen molar-refractivity contribution in [1.29, 1.82) is 0 Å². The monoisotopic (exact) mass is 401 g/mol. The second-order valence-electron chi connectivity index (χ2n) is 8.39. The molecule has 29 heavy (non-hydrogen) atoms. The maximum atomic E-state index is 13.7. The molecule has 1 fully saturated rings. The Balaban J connectivity index is 2.49. The molecule has 4 N–H and O–H groups in total. The van der Waals surface area contributed by atoms with E-state index >= 15 is 0 Å². The quantitative estimate of drug-likeness (QED) is 0.557. The van der Waals surface area contributed by atoms with Gasteiger partial charge in [-0.2, -0.15) is 0 Å². The average molecular weight is 402 g/mol. The third-order valence-electron chi connectivity index (χ3n) is 6.29. The number of hydrogen-bond donors (Lipinski definition) is 2. The Morgan fingerprint density at radius 2 is 1.86 bits per heavy atom. The van der Waals surface area contributed by atoms with Crippen molar-refractivity contribution in [2.45, 2.75) is 71.3 Å². The van der Waals surface area contributed by atoms with Crippen LogP contribution < -0.4 is 11.5 Å². The molecule has 1 heterocycles. The van der Waals surface area contributed by atoms with Crippen molar-refractivity contribution in [3.05, 3.63) is 35.9 Å². The van der Waals surface area contributed by atoms with Gasteiger partial charge in [0.05, 0.1) is 11.3 Å². The molecule has 1 aliphatic rings. The van der Waals surface area contributed by atoms with Gasteiger partial charge in [0.25, 0.3) is 0 Å². The van der Waals surface area contributed by atoms with Gasteiger partial charge in [-0.1, -0.05) is 56.5 Å². The lowest BCUT2D eigenvalue weighted by Crippen LogP contribution is -2.53. The summed E-state index contributed by atoms with van der Waals surface area (Å²) in [5.41, 5.74) is 11.2. The molecule has 3 amide bonds. The third kappa shape index (κ3) is 5.58. The van der Waals surface area contributed by atoms with E-state index in [9.17, 15) is 14.4 Å². The molecule has 0 bridgehead atoms.